The van der Waals surface area contributed by atoms with E-state index in [0.29, 0.717) is 66.4 Å². The molecule has 0 radical (unpaired) electrons. The Morgan fingerprint density at radius 3 is 2.44 bits per heavy atom. The number of nitrogens with zero attached hydrogens (tertiary/aromatic N) is 4. The summed E-state index contributed by atoms with van der Waals surface area (Å²) < 4.78 is 60.4. The molecule has 12 heteroatoms. The summed E-state index contributed by atoms with van der Waals surface area (Å²) in [6.07, 6.45) is -3.89. The highest BCUT2D eigenvalue weighted by atomic mass is 32.1. The summed E-state index contributed by atoms with van der Waals surface area (Å²) in [5.74, 6) is 1.92. The lowest BCUT2D eigenvalue weighted by atomic mass is 10.1. The van der Waals surface area contributed by atoms with Gasteiger partial charge in [-0.05, 0) is 54.1 Å². The van der Waals surface area contributed by atoms with Crippen LogP contribution in [-0.2, 0) is 12.6 Å². The first kappa shape index (κ1) is 28.2. The first-order valence-electron chi connectivity index (χ1n) is 12.8. The molecule has 1 saturated heterocycles. The predicted octanol–water partition coefficient (Wildman–Crippen LogP) is 5.92. The molecule has 3 aromatic carbocycles. The largest absolute Gasteiger partial charge is 0.497 e. The first-order chi connectivity index (χ1) is 19.7. The van der Waals surface area contributed by atoms with Crippen molar-refractivity contribution in [2.75, 3.05) is 45.3 Å². The van der Waals surface area contributed by atoms with Crippen LogP contribution in [-0.4, -0.2) is 60.6 Å². The highest BCUT2D eigenvalue weighted by molar-refractivity contribution is 7.07. The van der Waals surface area contributed by atoms with Gasteiger partial charge in [0.25, 0.3) is 11.1 Å². The Hall–Kier alpha value is -4.32. The molecule has 1 aliphatic heterocycles. The molecule has 0 atom stereocenters. The zero-order chi connectivity index (χ0) is 29.0. The Kier molecular flexibility index (Phi) is 8.29. The molecule has 0 unspecified atom stereocenters. The Morgan fingerprint density at radius 2 is 1.71 bits per heavy atom. The third-order valence-electron chi connectivity index (χ3n) is 6.66. The van der Waals surface area contributed by atoms with Crippen LogP contribution in [0.1, 0.15) is 27.3 Å². The normalized spacial score (nSPS) is 13.7. The van der Waals surface area contributed by atoms with Crippen molar-refractivity contribution < 1.29 is 32.2 Å². The molecule has 214 valence electrons. The molecule has 0 aliphatic carbocycles. The van der Waals surface area contributed by atoms with E-state index in [4.69, 9.17) is 14.2 Å². The SMILES string of the molecule is COc1cccc(Cc2nsc(Oc3ccc(C(=O)N4CCN(c5cccc(C(F)(F)F)c5)CC4)cc3OC)n2)c1. The van der Waals surface area contributed by atoms with Gasteiger partial charge in [0.15, 0.2) is 17.3 Å². The molecule has 0 saturated carbocycles. The molecule has 8 nitrogen and oxygen atoms in total. The Morgan fingerprint density at radius 1 is 0.927 bits per heavy atom. The van der Waals surface area contributed by atoms with Gasteiger partial charge in [-0.1, -0.05) is 18.2 Å². The van der Waals surface area contributed by atoms with Gasteiger partial charge in [0.1, 0.15) is 5.75 Å². The summed E-state index contributed by atoms with van der Waals surface area (Å²) >= 11 is 1.11. The van der Waals surface area contributed by atoms with Crippen LogP contribution in [0.5, 0.6) is 22.4 Å². The number of anilines is 1. The van der Waals surface area contributed by atoms with Gasteiger partial charge in [-0.15, -0.1) is 0 Å². The van der Waals surface area contributed by atoms with Gasteiger partial charge in [0.05, 0.1) is 19.8 Å². The molecule has 2 heterocycles. The molecule has 0 N–H and O–H groups in total. The highest BCUT2D eigenvalue weighted by Gasteiger charge is 2.31. The maximum atomic E-state index is 13.2. The lowest BCUT2D eigenvalue weighted by Crippen LogP contribution is -2.48. The minimum Gasteiger partial charge on any atom is -0.497 e. The van der Waals surface area contributed by atoms with E-state index in [1.807, 2.05) is 29.2 Å². The van der Waals surface area contributed by atoms with Gasteiger partial charge in [-0.3, -0.25) is 4.79 Å². The van der Waals surface area contributed by atoms with E-state index in [1.165, 1.54) is 13.2 Å². The Balaban J connectivity index is 1.21. The van der Waals surface area contributed by atoms with Crippen molar-refractivity contribution in [1.29, 1.82) is 0 Å². The minimum absolute atomic E-state index is 0.199. The summed E-state index contributed by atoms with van der Waals surface area (Å²) in [7, 11) is 3.10. The predicted molar refractivity (Wildman–Crippen MR) is 148 cm³/mol. The van der Waals surface area contributed by atoms with Crippen molar-refractivity contribution in [3.05, 3.63) is 89.2 Å². The van der Waals surface area contributed by atoms with E-state index < -0.39 is 11.7 Å². The van der Waals surface area contributed by atoms with E-state index >= 15 is 0 Å². The molecule has 41 heavy (non-hydrogen) atoms. The lowest BCUT2D eigenvalue weighted by molar-refractivity contribution is -0.137. The number of amides is 1. The van der Waals surface area contributed by atoms with Crippen LogP contribution in [0.2, 0.25) is 0 Å². The van der Waals surface area contributed by atoms with E-state index in [1.54, 1.807) is 36.3 Å². The molecular weight excluding hydrogens is 557 g/mol. The number of methoxy groups -OCH3 is 2. The zero-order valence-corrected chi connectivity index (χ0v) is 23.2. The van der Waals surface area contributed by atoms with Gasteiger partial charge < -0.3 is 24.0 Å². The number of halogens is 3. The summed E-state index contributed by atoms with van der Waals surface area (Å²) in [6, 6.07) is 17.8. The number of aromatic nitrogens is 2. The third-order valence-corrected chi connectivity index (χ3v) is 7.29. The van der Waals surface area contributed by atoms with Crippen molar-refractivity contribution in [3.63, 3.8) is 0 Å². The number of carbonyl (C=O) groups excluding carboxylic acids is 1. The molecule has 0 spiro atoms. The number of rotatable bonds is 8. The van der Waals surface area contributed by atoms with E-state index in [2.05, 4.69) is 9.36 Å². The fraction of sp³-hybridized carbons (Fsp3) is 0.276. The number of hydrogen-bond acceptors (Lipinski definition) is 8. The van der Waals surface area contributed by atoms with Gasteiger partial charge in [-0.25, -0.2) is 0 Å². The standard InChI is InChI=1S/C29H27F3N4O4S/c1-38-23-8-3-5-19(15-23)16-26-33-28(41-34-26)40-24-10-9-20(17-25(24)39-2)27(37)36-13-11-35(12-14-36)22-7-4-6-21(18-22)29(30,31)32/h3-10,15,17-18H,11-14,16H2,1-2H3. The molecule has 0 bridgehead atoms. The zero-order valence-electron chi connectivity index (χ0n) is 22.4. The molecule has 4 aromatic rings. The van der Waals surface area contributed by atoms with Crippen LogP contribution >= 0.6 is 11.5 Å². The number of ether oxygens (including phenoxy) is 3. The number of piperazine rings is 1. The van der Waals surface area contributed by atoms with Crippen LogP contribution < -0.4 is 19.1 Å². The lowest BCUT2D eigenvalue weighted by Gasteiger charge is -2.36. The fourth-order valence-electron chi connectivity index (χ4n) is 4.52. The van der Waals surface area contributed by atoms with Crippen molar-refractivity contribution in [2.24, 2.45) is 0 Å². The first-order valence-corrected chi connectivity index (χ1v) is 13.5. The van der Waals surface area contributed by atoms with Crippen molar-refractivity contribution in [2.45, 2.75) is 12.6 Å². The van der Waals surface area contributed by atoms with Crippen molar-refractivity contribution in [3.8, 4) is 22.4 Å². The van der Waals surface area contributed by atoms with E-state index in [0.717, 1.165) is 35.0 Å². The molecule has 1 amide bonds. The van der Waals surface area contributed by atoms with Crippen LogP contribution in [0.3, 0.4) is 0 Å². The smallest absolute Gasteiger partial charge is 0.416 e. The van der Waals surface area contributed by atoms with Gasteiger partial charge >= 0.3 is 6.18 Å². The quantitative estimate of drug-likeness (QED) is 0.255. The van der Waals surface area contributed by atoms with E-state index in [9.17, 15) is 18.0 Å². The summed E-state index contributed by atoms with van der Waals surface area (Å²) in [6.45, 7) is 1.58. The maximum absolute atomic E-state index is 13.2. The summed E-state index contributed by atoms with van der Waals surface area (Å²) in [5, 5.41) is 0.339. The van der Waals surface area contributed by atoms with Crippen LogP contribution in [0.4, 0.5) is 18.9 Å². The van der Waals surface area contributed by atoms with Crippen LogP contribution in [0.25, 0.3) is 0 Å². The average molecular weight is 585 g/mol. The third kappa shape index (κ3) is 6.71. The number of benzene rings is 3. The Bertz CT molecular complexity index is 1520. The molecule has 1 aliphatic rings. The second-order valence-corrected chi connectivity index (χ2v) is 10.0. The van der Waals surface area contributed by atoms with E-state index in [-0.39, 0.29) is 5.91 Å². The highest BCUT2D eigenvalue weighted by Crippen LogP contribution is 2.34. The van der Waals surface area contributed by atoms with Gasteiger partial charge in [0.2, 0.25) is 0 Å². The number of alkyl halides is 3. The average Bonchev–Trinajstić information content (AvgIpc) is 3.43. The fourth-order valence-corrected chi connectivity index (χ4v) is 5.09. The molecule has 1 aromatic heterocycles. The molecule has 1 fully saturated rings. The monoisotopic (exact) mass is 584 g/mol. The molecule has 5 rings (SSSR count). The van der Waals surface area contributed by atoms with Crippen molar-refractivity contribution >= 4 is 23.1 Å². The second-order valence-electron chi connectivity index (χ2n) is 9.30. The van der Waals surface area contributed by atoms with Gasteiger partial charge in [-0.2, -0.15) is 22.5 Å². The second kappa shape index (κ2) is 12.0. The van der Waals surface area contributed by atoms with Crippen LogP contribution in [0.15, 0.2) is 66.7 Å². The summed E-state index contributed by atoms with van der Waals surface area (Å²) in [5.41, 5.74) is 1.21. The van der Waals surface area contributed by atoms with Gasteiger partial charge in [0, 0.05) is 55.4 Å². The number of carbonyl (C=O) groups is 1. The minimum atomic E-state index is -4.40. The number of hydrogen-bond donors (Lipinski definition) is 0. The Labute approximate surface area is 239 Å². The van der Waals surface area contributed by atoms with Crippen LogP contribution in [0, 0.1) is 0 Å². The maximum Gasteiger partial charge on any atom is 0.416 e. The summed E-state index contributed by atoms with van der Waals surface area (Å²) in [4.78, 5) is 21.2. The topological polar surface area (TPSA) is 77.0 Å². The molecular formula is C29H27F3N4O4S. The van der Waals surface area contributed by atoms with Crippen molar-refractivity contribution in [1.82, 2.24) is 14.3 Å².